The maximum atomic E-state index is 12.2. The normalized spacial score (nSPS) is 14.0. The molecule has 0 saturated carbocycles. The summed E-state index contributed by atoms with van der Waals surface area (Å²) in [7, 11) is -3.17. The number of rotatable bonds is 8. The smallest absolute Gasteiger partial charge is 0.174 e. The van der Waals surface area contributed by atoms with Crippen LogP contribution in [0.4, 0.5) is 0 Å². The lowest BCUT2D eigenvalue weighted by Gasteiger charge is -2.16. The number of aromatic amines is 1. The summed E-state index contributed by atoms with van der Waals surface area (Å²) in [4.78, 5) is 4.64. The molecule has 0 radical (unpaired) electrons. The summed E-state index contributed by atoms with van der Waals surface area (Å²) in [5.74, 6) is 0.655. The van der Waals surface area contributed by atoms with Gasteiger partial charge in [-0.25, -0.2) is 13.4 Å². The highest BCUT2D eigenvalue weighted by atomic mass is 79.9. The highest BCUT2D eigenvalue weighted by molar-refractivity contribution is 9.11. The van der Waals surface area contributed by atoms with Crippen molar-refractivity contribution in [1.29, 1.82) is 0 Å². The van der Waals surface area contributed by atoms with Crippen LogP contribution in [-0.2, 0) is 21.7 Å². The van der Waals surface area contributed by atoms with E-state index in [9.17, 15) is 8.42 Å². The van der Waals surface area contributed by atoms with Crippen molar-refractivity contribution < 1.29 is 8.42 Å². The van der Waals surface area contributed by atoms with Crippen molar-refractivity contribution in [3.63, 3.8) is 0 Å². The van der Waals surface area contributed by atoms with Crippen molar-refractivity contribution >= 4 is 48.9 Å². The number of unbranched alkanes of at least 4 members (excludes halogenated alkanes) is 1. The fraction of sp³-hybridized carbons (Fsp3) is 0.714. The molecule has 0 amide bonds. The van der Waals surface area contributed by atoms with Crippen LogP contribution in [0.3, 0.4) is 0 Å². The Bertz CT molecular complexity index is 784. The first-order valence-corrected chi connectivity index (χ1v) is 12.3. The van der Waals surface area contributed by atoms with Crippen molar-refractivity contribution in [1.82, 2.24) is 25.6 Å². The summed E-state index contributed by atoms with van der Waals surface area (Å²) in [5.41, 5.74) is 0.878. The zero-order valence-corrected chi connectivity index (χ0v) is 18.6. The zero-order valence-electron chi connectivity index (χ0n) is 14.6. The average molecular weight is 468 g/mol. The molecule has 0 fully saturated rings. The van der Waals surface area contributed by atoms with Gasteiger partial charge in [0.05, 0.1) is 9.48 Å². The second-order valence-electron chi connectivity index (χ2n) is 6.80. The molecule has 0 aliphatic rings. The number of tetrazole rings is 1. The third-order valence-corrected chi connectivity index (χ3v) is 8.82. The molecule has 0 bridgehead atoms. The largest absolute Gasteiger partial charge is 0.233 e. The highest BCUT2D eigenvalue weighted by Crippen LogP contribution is 2.40. The van der Waals surface area contributed by atoms with Crippen LogP contribution in [0, 0.1) is 0 Å². The van der Waals surface area contributed by atoms with Gasteiger partial charge in [0, 0.05) is 18.1 Å². The van der Waals surface area contributed by atoms with E-state index >= 15 is 0 Å². The summed E-state index contributed by atoms with van der Waals surface area (Å²) >= 11 is 6.38. The van der Waals surface area contributed by atoms with Crippen LogP contribution in [-0.4, -0.2) is 44.9 Å². The van der Waals surface area contributed by atoms with Crippen LogP contribution in [0.1, 0.15) is 51.6 Å². The van der Waals surface area contributed by atoms with E-state index in [1.54, 1.807) is 0 Å². The van der Waals surface area contributed by atoms with Gasteiger partial charge >= 0.3 is 0 Å². The monoisotopic (exact) mass is 467 g/mol. The van der Waals surface area contributed by atoms with Crippen molar-refractivity contribution in [2.75, 3.05) is 6.26 Å². The van der Waals surface area contributed by atoms with Crippen LogP contribution in [0.5, 0.6) is 0 Å². The van der Waals surface area contributed by atoms with E-state index in [2.05, 4.69) is 62.3 Å². The molecule has 2 heterocycles. The number of sulfone groups is 1. The third-order valence-electron chi connectivity index (χ3n) is 3.47. The molecule has 1 N–H and O–H groups in total. The molecular formula is C14H22BrN5O2S3. The summed E-state index contributed by atoms with van der Waals surface area (Å²) in [6, 6.07) is 0. The molecule has 0 aliphatic carbocycles. The first-order valence-electron chi connectivity index (χ1n) is 7.82. The van der Waals surface area contributed by atoms with Gasteiger partial charge in [-0.05, 0) is 28.8 Å². The Morgan fingerprint density at radius 3 is 2.56 bits per heavy atom. The lowest BCUT2D eigenvalue weighted by Crippen LogP contribution is -2.16. The fourth-order valence-electron chi connectivity index (χ4n) is 2.15. The van der Waals surface area contributed by atoms with Gasteiger partial charge in [-0.2, -0.15) is 5.21 Å². The lowest BCUT2D eigenvalue weighted by atomic mass is 9.93. The molecule has 7 nitrogen and oxygen atoms in total. The number of halogens is 1. The Hall–Kier alpha value is -0.520. The van der Waals surface area contributed by atoms with E-state index < -0.39 is 14.4 Å². The number of hydrogen-bond acceptors (Lipinski definition) is 8. The van der Waals surface area contributed by atoms with Gasteiger partial charge in [0.1, 0.15) is 4.58 Å². The van der Waals surface area contributed by atoms with Gasteiger partial charge in [0.15, 0.2) is 20.0 Å². The molecule has 140 valence electrons. The van der Waals surface area contributed by atoms with Crippen molar-refractivity contribution in [2.24, 2.45) is 0 Å². The number of nitrogens with zero attached hydrogens (tertiary/aromatic N) is 4. The van der Waals surface area contributed by atoms with E-state index in [0.29, 0.717) is 18.7 Å². The minimum atomic E-state index is -3.17. The van der Waals surface area contributed by atoms with Crippen molar-refractivity contribution in [3.8, 4) is 0 Å². The molecule has 0 aliphatic heterocycles. The Morgan fingerprint density at radius 1 is 1.32 bits per heavy atom. The minimum Gasteiger partial charge on any atom is -0.233 e. The van der Waals surface area contributed by atoms with E-state index in [4.69, 9.17) is 0 Å². The molecule has 1 atom stereocenters. The second kappa shape index (κ2) is 8.45. The summed E-state index contributed by atoms with van der Waals surface area (Å²) in [5, 5.41) is 13.7. The van der Waals surface area contributed by atoms with Crippen LogP contribution < -0.4 is 0 Å². The van der Waals surface area contributed by atoms with E-state index in [1.807, 2.05) is 0 Å². The summed E-state index contributed by atoms with van der Waals surface area (Å²) in [6.07, 6.45) is 4.15. The molecule has 0 spiro atoms. The molecule has 0 saturated heterocycles. The maximum absolute atomic E-state index is 12.2. The molecule has 0 aromatic carbocycles. The van der Waals surface area contributed by atoms with Crippen LogP contribution >= 0.6 is 39.0 Å². The van der Waals surface area contributed by atoms with Crippen LogP contribution in [0.2, 0.25) is 0 Å². The lowest BCUT2D eigenvalue weighted by molar-refractivity contribution is 0.566. The van der Waals surface area contributed by atoms with Gasteiger partial charge in [-0.3, -0.25) is 0 Å². The standard InChI is InChI=1S/C14H22BrN5O2S3/c1-14(2,3)11-12(15)24-13(16-11)23-10(25(4,21)22)8-6-5-7-9-17-19-20-18-9/h10H,5-8H2,1-4H3,(H,17,18,19,20). The summed E-state index contributed by atoms with van der Waals surface area (Å²) < 4.78 is 25.6. The van der Waals surface area contributed by atoms with E-state index in [0.717, 1.165) is 26.7 Å². The van der Waals surface area contributed by atoms with Gasteiger partial charge in [0.2, 0.25) is 0 Å². The SMILES string of the molecule is CC(C)(C)c1nc(SC(CCCCc2nn[nH]n2)S(C)(=O)=O)sc1Br. The van der Waals surface area contributed by atoms with Crippen molar-refractivity contribution in [3.05, 3.63) is 15.3 Å². The Labute approximate surface area is 164 Å². The van der Waals surface area contributed by atoms with E-state index in [1.165, 1.54) is 29.4 Å². The number of nitrogens with one attached hydrogen (secondary N) is 1. The highest BCUT2D eigenvalue weighted by Gasteiger charge is 2.27. The van der Waals surface area contributed by atoms with Gasteiger partial charge in [-0.15, -0.1) is 21.5 Å². The molecular weight excluding hydrogens is 446 g/mol. The Balaban J connectivity index is 1.98. The topological polar surface area (TPSA) is 101 Å². The van der Waals surface area contributed by atoms with Crippen LogP contribution in [0.15, 0.2) is 8.13 Å². The second-order valence-corrected chi connectivity index (χ2v) is 13.1. The van der Waals surface area contributed by atoms with E-state index in [-0.39, 0.29) is 5.41 Å². The fourth-order valence-corrected chi connectivity index (χ4v) is 7.55. The number of H-pyrrole nitrogens is 1. The number of aromatic nitrogens is 5. The number of hydrogen-bond donors (Lipinski definition) is 1. The molecule has 2 aromatic heterocycles. The molecule has 11 heteroatoms. The van der Waals surface area contributed by atoms with Gasteiger partial charge in [0.25, 0.3) is 0 Å². The van der Waals surface area contributed by atoms with Gasteiger partial charge in [-0.1, -0.05) is 44.2 Å². The first-order chi connectivity index (χ1) is 11.6. The Kier molecular flexibility index (Phi) is 7.02. The maximum Gasteiger partial charge on any atom is 0.174 e. The molecule has 2 aromatic rings. The zero-order chi connectivity index (χ0) is 18.7. The molecule has 1 unspecified atom stereocenters. The predicted molar refractivity (Wildman–Crippen MR) is 105 cm³/mol. The quantitative estimate of drug-likeness (QED) is 0.467. The Morgan fingerprint density at radius 2 is 2.04 bits per heavy atom. The van der Waals surface area contributed by atoms with Crippen LogP contribution in [0.25, 0.3) is 0 Å². The van der Waals surface area contributed by atoms with Crippen molar-refractivity contribution in [2.45, 2.75) is 60.8 Å². The summed E-state index contributed by atoms with van der Waals surface area (Å²) in [6.45, 7) is 6.27. The predicted octanol–water partition coefficient (Wildman–Crippen LogP) is 3.59. The number of thioether (sulfide) groups is 1. The first kappa shape index (κ1) is 20.8. The average Bonchev–Trinajstić information content (AvgIpc) is 3.09. The number of aryl methyl sites for hydroxylation is 1. The van der Waals surface area contributed by atoms with Gasteiger partial charge < -0.3 is 0 Å². The minimum absolute atomic E-state index is 0.0840. The third kappa shape index (κ3) is 6.30. The molecule has 2 rings (SSSR count). The number of thiazole rings is 1. The molecule has 25 heavy (non-hydrogen) atoms.